The van der Waals surface area contributed by atoms with Crippen molar-refractivity contribution in [2.24, 2.45) is 0 Å². The summed E-state index contributed by atoms with van der Waals surface area (Å²) in [5, 5.41) is 3.01. The Hall–Kier alpha value is -1.27. The Kier molecular flexibility index (Phi) is 2.53. The monoisotopic (exact) mass is 135 g/mol. The van der Waals surface area contributed by atoms with Gasteiger partial charge in [0.15, 0.2) is 0 Å². The van der Waals surface area contributed by atoms with Crippen LogP contribution in [0.2, 0.25) is 0 Å². The Morgan fingerprint density at radius 1 is 1.80 bits per heavy atom. The maximum atomic E-state index is 5.02. The molecule has 0 spiro atoms. The Balaban J connectivity index is 2.23. The lowest BCUT2D eigenvalue weighted by Gasteiger charge is -1.94. The quantitative estimate of drug-likeness (QED) is 0.457. The highest BCUT2D eigenvalue weighted by atomic mass is 15.0. The molecule has 1 heterocycles. The molecule has 1 aromatic heterocycles. The number of imidazole rings is 1. The molecular weight excluding hydrogens is 126 g/mol. The van der Waals surface area contributed by atoms with E-state index in [-0.39, 0.29) is 0 Å². The molecule has 0 fully saturated rings. The van der Waals surface area contributed by atoms with E-state index in [4.69, 9.17) is 6.42 Å². The van der Waals surface area contributed by atoms with Gasteiger partial charge in [0.1, 0.15) is 5.82 Å². The van der Waals surface area contributed by atoms with Crippen molar-refractivity contribution in [3.8, 4) is 12.3 Å². The lowest BCUT2D eigenvalue weighted by atomic mass is 10.5. The molecule has 0 aliphatic heterocycles. The molecule has 3 heteroatoms. The van der Waals surface area contributed by atoms with Crippen LogP contribution in [0, 0.1) is 12.3 Å². The van der Waals surface area contributed by atoms with Crippen LogP contribution in [-0.4, -0.2) is 16.5 Å². The largest absolute Gasteiger partial charge is 0.348 e. The van der Waals surface area contributed by atoms with Gasteiger partial charge < -0.3 is 4.98 Å². The third kappa shape index (κ3) is 1.92. The van der Waals surface area contributed by atoms with Crippen molar-refractivity contribution in [2.45, 2.75) is 6.54 Å². The number of H-pyrrole nitrogens is 1. The van der Waals surface area contributed by atoms with Gasteiger partial charge in [0, 0.05) is 12.4 Å². The number of aromatic amines is 1. The second-order valence-corrected chi connectivity index (χ2v) is 1.84. The first-order valence-electron chi connectivity index (χ1n) is 3.06. The molecule has 0 unspecified atom stereocenters. The number of nitrogens with zero attached hydrogens (tertiary/aromatic N) is 1. The molecule has 2 N–H and O–H groups in total. The van der Waals surface area contributed by atoms with Gasteiger partial charge in [-0.25, -0.2) is 4.98 Å². The van der Waals surface area contributed by atoms with Crippen molar-refractivity contribution < 1.29 is 0 Å². The average molecular weight is 135 g/mol. The van der Waals surface area contributed by atoms with Gasteiger partial charge in [-0.2, -0.15) is 0 Å². The predicted octanol–water partition coefficient (Wildman–Crippen LogP) is 0.132. The molecular formula is C7H9N3. The van der Waals surface area contributed by atoms with E-state index in [1.165, 1.54) is 0 Å². The van der Waals surface area contributed by atoms with E-state index in [1.54, 1.807) is 12.4 Å². The molecule has 1 rings (SSSR count). The van der Waals surface area contributed by atoms with Crippen molar-refractivity contribution in [1.82, 2.24) is 15.3 Å². The van der Waals surface area contributed by atoms with Crippen LogP contribution >= 0.6 is 0 Å². The molecule has 0 amide bonds. The molecule has 0 aliphatic carbocycles. The molecule has 0 saturated carbocycles. The number of rotatable bonds is 3. The molecule has 0 bridgehead atoms. The second-order valence-electron chi connectivity index (χ2n) is 1.84. The van der Waals surface area contributed by atoms with E-state index >= 15 is 0 Å². The Morgan fingerprint density at radius 2 is 2.70 bits per heavy atom. The van der Waals surface area contributed by atoms with Crippen molar-refractivity contribution in [1.29, 1.82) is 0 Å². The first-order chi connectivity index (χ1) is 4.93. The minimum absolute atomic E-state index is 0.584. The lowest BCUT2D eigenvalue weighted by Crippen LogP contribution is -2.13. The van der Waals surface area contributed by atoms with E-state index in [0.717, 1.165) is 5.82 Å². The van der Waals surface area contributed by atoms with Crippen LogP contribution < -0.4 is 5.32 Å². The molecule has 3 nitrogen and oxygen atoms in total. The van der Waals surface area contributed by atoms with Crippen LogP contribution in [0.5, 0.6) is 0 Å². The Morgan fingerprint density at radius 3 is 3.30 bits per heavy atom. The SMILES string of the molecule is C#CCNCc1ncc[nH]1. The van der Waals surface area contributed by atoms with Crippen LogP contribution in [0.4, 0.5) is 0 Å². The summed E-state index contributed by atoms with van der Waals surface area (Å²) in [6.45, 7) is 1.29. The number of aromatic nitrogens is 2. The molecule has 1 aromatic rings. The zero-order chi connectivity index (χ0) is 7.23. The molecule has 0 aromatic carbocycles. The fourth-order valence-electron chi connectivity index (χ4n) is 0.648. The maximum Gasteiger partial charge on any atom is 0.120 e. The topological polar surface area (TPSA) is 40.7 Å². The van der Waals surface area contributed by atoms with Gasteiger partial charge in [-0.1, -0.05) is 5.92 Å². The summed E-state index contributed by atoms with van der Waals surface area (Å²) in [6.07, 6.45) is 8.52. The number of terminal acetylenes is 1. The second kappa shape index (κ2) is 3.70. The fraction of sp³-hybridized carbons (Fsp3) is 0.286. The Labute approximate surface area is 59.9 Å². The van der Waals surface area contributed by atoms with Crippen molar-refractivity contribution in [3.05, 3.63) is 18.2 Å². The standard InChI is InChI=1S/C7H9N3/c1-2-3-8-6-7-9-4-5-10-7/h1,4-5,8H,3,6H2,(H,9,10). The minimum atomic E-state index is 0.584. The summed E-state index contributed by atoms with van der Waals surface area (Å²) in [5.74, 6) is 3.39. The zero-order valence-electron chi connectivity index (χ0n) is 5.59. The Bertz CT molecular complexity index is 207. The summed E-state index contributed by atoms with van der Waals surface area (Å²) in [5.41, 5.74) is 0. The summed E-state index contributed by atoms with van der Waals surface area (Å²) in [7, 11) is 0. The summed E-state index contributed by atoms with van der Waals surface area (Å²) < 4.78 is 0. The molecule has 0 atom stereocenters. The predicted molar refractivity (Wildman–Crippen MR) is 39.1 cm³/mol. The summed E-state index contributed by atoms with van der Waals surface area (Å²) >= 11 is 0. The molecule has 0 radical (unpaired) electrons. The lowest BCUT2D eigenvalue weighted by molar-refractivity contribution is 0.734. The maximum absolute atomic E-state index is 5.02. The van der Waals surface area contributed by atoms with Crippen LogP contribution in [-0.2, 0) is 6.54 Å². The molecule has 10 heavy (non-hydrogen) atoms. The van der Waals surface area contributed by atoms with E-state index < -0.39 is 0 Å². The van der Waals surface area contributed by atoms with E-state index in [0.29, 0.717) is 13.1 Å². The first-order valence-corrected chi connectivity index (χ1v) is 3.06. The highest BCUT2D eigenvalue weighted by molar-refractivity contribution is 4.90. The summed E-state index contributed by atoms with van der Waals surface area (Å²) in [6, 6.07) is 0. The van der Waals surface area contributed by atoms with Gasteiger partial charge >= 0.3 is 0 Å². The van der Waals surface area contributed by atoms with Crippen LogP contribution in [0.25, 0.3) is 0 Å². The third-order valence-electron chi connectivity index (χ3n) is 1.07. The molecule has 0 saturated heterocycles. The van der Waals surface area contributed by atoms with Crippen molar-refractivity contribution in [2.75, 3.05) is 6.54 Å². The van der Waals surface area contributed by atoms with E-state index in [1.807, 2.05) is 0 Å². The third-order valence-corrected chi connectivity index (χ3v) is 1.07. The van der Waals surface area contributed by atoms with Crippen LogP contribution in [0.15, 0.2) is 12.4 Å². The average Bonchev–Trinajstić information content (AvgIpc) is 2.41. The van der Waals surface area contributed by atoms with E-state index in [9.17, 15) is 0 Å². The van der Waals surface area contributed by atoms with Gasteiger partial charge in [0.2, 0.25) is 0 Å². The van der Waals surface area contributed by atoms with Gasteiger partial charge in [0.25, 0.3) is 0 Å². The van der Waals surface area contributed by atoms with Crippen molar-refractivity contribution in [3.63, 3.8) is 0 Å². The first kappa shape index (κ1) is 6.84. The smallest absolute Gasteiger partial charge is 0.120 e. The normalized spacial score (nSPS) is 9.10. The highest BCUT2D eigenvalue weighted by Gasteiger charge is 1.89. The van der Waals surface area contributed by atoms with Gasteiger partial charge in [-0.15, -0.1) is 6.42 Å². The van der Waals surface area contributed by atoms with Gasteiger partial charge in [0.05, 0.1) is 13.1 Å². The fourth-order valence-corrected chi connectivity index (χ4v) is 0.648. The zero-order valence-corrected chi connectivity index (χ0v) is 5.59. The van der Waals surface area contributed by atoms with Crippen LogP contribution in [0.1, 0.15) is 5.82 Å². The number of nitrogens with one attached hydrogen (secondary N) is 2. The van der Waals surface area contributed by atoms with Gasteiger partial charge in [-0.3, -0.25) is 5.32 Å². The number of hydrogen-bond acceptors (Lipinski definition) is 2. The number of hydrogen-bond donors (Lipinski definition) is 2. The highest BCUT2D eigenvalue weighted by Crippen LogP contribution is 1.84. The van der Waals surface area contributed by atoms with E-state index in [2.05, 4.69) is 21.2 Å². The van der Waals surface area contributed by atoms with Gasteiger partial charge in [-0.05, 0) is 0 Å². The summed E-state index contributed by atoms with van der Waals surface area (Å²) in [4.78, 5) is 6.96. The van der Waals surface area contributed by atoms with Crippen molar-refractivity contribution >= 4 is 0 Å². The molecule has 52 valence electrons. The minimum Gasteiger partial charge on any atom is -0.348 e. The molecule has 0 aliphatic rings. The van der Waals surface area contributed by atoms with Crippen LogP contribution in [0.3, 0.4) is 0 Å².